The second-order valence-electron chi connectivity index (χ2n) is 8.94. The average molecular weight is 454 g/mol. The molecule has 8 heteroatoms. The van der Waals surface area contributed by atoms with Crippen LogP contribution in [0.4, 0.5) is 4.39 Å². The Kier molecular flexibility index (Phi) is 6.14. The molecule has 3 atom stereocenters. The van der Waals surface area contributed by atoms with Gasteiger partial charge in [-0.2, -0.15) is 0 Å². The van der Waals surface area contributed by atoms with E-state index in [1.807, 2.05) is 30.3 Å². The van der Waals surface area contributed by atoms with Gasteiger partial charge in [-0.1, -0.05) is 36.4 Å². The molecule has 0 bridgehead atoms. The zero-order valence-corrected chi connectivity index (χ0v) is 18.4. The summed E-state index contributed by atoms with van der Waals surface area (Å²) in [4.78, 5) is 31.2. The molecular formula is C25H28FN3O4. The summed E-state index contributed by atoms with van der Waals surface area (Å²) in [5.74, 6) is -0.501. The summed E-state index contributed by atoms with van der Waals surface area (Å²) >= 11 is 0. The third-order valence-corrected chi connectivity index (χ3v) is 7.02. The lowest BCUT2D eigenvalue weighted by molar-refractivity contribution is -0.167. The first-order chi connectivity index (χ1) is 16.0. The maximum absolute atomic E-state index is 13.6. The Labute approximate surface area is 192 Å². The Morgan fingerprint density at radius 2 is 1.85 bits per heavy atom. The summed E-state index contributed by atoms with van der Waals surface area (Å²) < 4.78 is 18.9. The van der Waals surface area contributed by atoms with Crippen LogP contribution in [-0.2, 0) is 14.3 Å². The summed E-state index contributed by atoms with van der Waals surface area (Å²) in [5.41, 5.74) is 2.70. The van der Waals surface area contributed by atoms with E-state index in [9.17, 15) is 19.1 Å². The summed E-state index contributed by atoms with van der Waals surface area (Å²) in [6.07, 6.45) is 0. The first-order valence-electron chi connectivity index (χ1n) is 11.4. The van der Waals surface area contributed by atoms with Crippen LogP contribution in [0.15, 0.2) is 48.5 Å². The Morgan fingerprint density at radius 1 is 1.09 bits per heavy atom. The van der Waals surface area contributed by atoms with E-state index in [-0.39, 0.29) is 48.8 Å². The number of ether oxygens (including phenoxy) is 1. The monoisotopic (exact) mass is 453 g/mol. The van der Waals surface area contributed by atoms with Gasteiger partial charge < -0.3 is 19.6 Å². The summed E-state index contributed by atoms with van der Waals surface area (Å²) in [5, 5.41) is 9.99. The summed E-state index contributed by atoms with van der Waals surface area (Å²) in [6, 6.07) is 13.8. The van der Waals surface area contributed by atoms with Crippen molar-refractivity contribution in [1.82, 2.24) is 14.7 Å². The number of rotatable bonds is 5. The SMILES string of the molecule is O=C(CN1CCOCC1)N1CC(=O)N2[C@H](CO)[C@@H](c3ccc(-c4cccc(F)c4)cc3)[C@H]2C1. The molecule has 3 aliphatic heterocycles. The molecular weight excluding hydrogens is 425 g/mol. The number of carbonyl (C=O) groups excluding carboxylic acids is 2. The molecule has 3 fully saturated rings. The molecule has 2 aromatic carbocycles. The van der Waals surface area contributed by atoms with Crippen LogP contribution in [0.1, 0.15) is 11.5 Å². The average Bonchev–Trinajstić information content (AvgIpc) is 2.81. The van der Waals surface area contributed by atoms with Gasteiger partial charge in [0.25, 0.3) is 0 Å². The number of hydrogen-bond acceptors (Lipinski definition) is 5. The van der Waals surface area contributed by atoms with Crippen LogP contribution >= 0.6 is 0 Å². The van der Waals surface area contributed by atoms with E-state index in [2.05, 4.69) is 4.90 Å². The van der Waals surface area contributed by atoms with Crippen LogP contribution in [0.5, 0.6) is 0 Å². The molecule has 0 unspecified atom stereocenters. The fraction of sp³-hybridized carbons (Fsp3) is 0.440. The molecule has 2 amide bonds. The van der Waals surface area contributed by atoms with Crippen molar-refractivity contribution in [2.24, 2.45) is 0 Å². The quantitative estimate of drug-likeness (QED) is 0.740. The van der Waals surface area contributed by atoms with E-state index in [1.165, 1.54) is 12.1 Å². The molecule has 0 saturated carbocycles. The molecule has 5 rings (SSSR count). The van der Waals surface area contributed by atoms with E-state index in [1.54, 1.807) is 15.9 Å². The smallest absolute Gasteiger partial charge is 0.242 e. The van der Waals surface area contributed by atoms with Gasteiger partial charge in [0.05, 0.1) is 45.0 Å². The molecule has 33 heavy (non-hydrogen) atoms. The Bertz CT molecular complexity index is 1020. The molecule has 3 saturated heterocycles. The summed E-state index contributed by atoms with van der Waals surface area (Å²) in [7, 11) is 0. The van der Waals surface area contributed by atoms with Gasteiger partial charge in [-0.3, -0.25) is 14.5 Å². The minimum absolute atomic E-state index is 0.0439. The number of halogens is 1. The highest BCUT2D eigenvalue weighted by molar-refractivity contribution is 5.88. The topological polar surface area (TPSA) is 73.3 Å². The summed E-state index contributed by atoms with van der Waals surface area (Å²) in [6.45, 7) is 3.36. The Balaban J connectivity index is 1.31. The van der Waals surface area contributed by atoms with Gasteiger partial charge >= 0.3 is 0 Å². The number of piperazine rings is 1. The Hall–Kier alpha value is -2.81. The van der Waals surface area contributed by atoms with Gasteiger partial charge in [0.2, 0.25) is 11.8 Å². The van der Waals surface area contributed by atoms with Gasteiger partial charge in [-0.25, -0.2) is 4.39 Å². The third-order valence-electron chi connectivity index (χ3n) is 7.02. The maximum atomic E-state index is 13.6. The van der Waals surface area contributed by atoms with Crippen molar-refractivity contribution in [2.75, 3.05) is 52.5 Å². The van der Waals surface area contributed by atoms with Crippen LogP contribution < -0.4 is 0 Å². The van der Waals surface area contributed by atoms with Crippen molar-refractivity contribution in [3.63, 3.8) is 0 Å². The van der Waals surface area contributed by atoms with Crippen molar-refractivity contribution < 1.29 is 23.8 Å². The van der Waals surface area contributed by atoms with E-state index in [4.69, 9.17) is 4.74 Å². The van der Waals surface area contributed by atoms with Crippen LogP contribution in [0.3, 0.4) is 0 Å². The number of morpholine rings is 1. The van der Waals surface area contributed by atoms with Crippen LogP contribution in [0.25, 0.3) is 11.1 Å². The molecule has 174 valence electrons. The number of carbonyl (C=O) groups is 2. The van der Waals surface area contributed by atoms with Crippen molar-refractivity contribution in [3.8, 4) is 11.1 Å². The number of aliphatic hydroxyl groups is 1. The fourth-order valence-electron chi connectivity index (χ4n) is 5.31. The van der Waals surface area contributed by atoms with Crippen LogP contribution in [-0.4, -0.2) is 96.2 Å². The molecule has 0 radical (unpaired) electrons. The van der Waals surface area contributed by atoms with Crippen molar-refractivity contribution in [2.45, 2.75) is 18.0 Å². The third kappa shape index (κ3) is 4.26. The minimum atomic E-state index is -0.293. The Morgan fingerprint density at radius 3 is 2.55 bits per heavy atom. The zero-order chi connectivity index (χ0) is 22.9. The number of amides is 2. The molecule has 0 aromatic heterocycles. The second-order valence-corrected chi connectivity index (χ2v) is 8.94. The molecule has 0 spiro atoms. The lowest BCUT2D eigenvalue weighted by atomic mass is 9.73. The number of nitrogens with zero attached hydrogens (tertiary/aromatic N) is 3. The molecule has 1 N–H and O–H groups in total. The highest BCUT2D eigenvalue weighted by atomic mass is 19.1. The highest BCUT2D eigenvalue weighted by Crippen LogP contribution is 2.43. The molecule has 2 aromatic rings. The van der Waals surface area contributed by atoms with E-state index < -0.39 is 0 Å². The van der Waals surface area contributed by atoms with E-state index in [0.29, 0.717) is 26.3 Å². The molecule has 7 nitrogen and oxygen atoms in total. The standard InChI is InChI=1S/C25H28FN3O4/c26-20-3-1-2-19(12-20)17-4-6-18(7-5-17)25-21-13-28(15-24(32)29(21)22(25)16-30)23(31)14-27-8-10-33-11-9-27/h1-7,12,21-22,25,30H,8-11,13-16H2/t21-,22-,25+/m1/s1. The highest BCUT2D eigenvalue weighted by Gasteiger charge is 2.54. The minimum Gasteiger partial charge on any atom is -0.394 e. The predicted molar refractivity (Wildman–Crippen MR) is 120 cm³/mol. The lowest BCUT2D eigenvalue weighted by Gasteiger charge is -2.58. The van der Waals surface area contributed by atoms with Crippen LogP contribution in [0, 0.1) is 5.82 Å². The normalized spacial score (nSPS) is 25.5. The fourth-order valence-corrected chi connectivity index (χ4v) is 5.31. The molecule has 3 heterocycles. The lowest BCUT2D eigenvalue weighted by Crippen LogP contribution is -2.73. The molecule has 0 aliphatic carbocycles. The van der Waals surface area contributed by atoms with Crippen molar-refractivity contribution in [3.05, 3.63) is 59.9 Å². The maximum Gasteiger partial charge on any atom is 0.242 e. The first kappa shape index (κ1) is 22.0. The van der Waals surface area contributed by atoms with Gasteiger partial charge in [0.15, 0.2) is 0 Å². The molecule has 3 aliphatic rings. The number of hydrogen-bond donors (Lipinski definition) is 1. The van der Waals surface area contributed by atoms with Gasteiger partial charge in [0.1, 0.15) is 5.82 Å². The van der Waals surface area contributed by atoms with Crippen molar-refractivity contribution in [1.29, 1.82) is 0 Å². The van der Waals surface area contributed by atoms with E-state index >= 15 is 0 Å². The van der Waals surface area contributed by atoms with Crippen molar-refractivity contribution >= 4 is 11.8 Å². The number of benzene rings is 2. The number of fused-ring (bicyclic) bond motifs is 1. The zero-order valence-electron chi connectivity index (χ0n) is 18.4. The van der Waals surface area contributed by atoms with Gasteiger partial charge in [-0.05, 0) is 28.8 Å². The van der Waals surface area contributed by atoms with E-state index in [0.717, 1.165) is 29.8 Å². The van der Waals surface area contributed by atoms with Gasteiger partial charge in [-0.15, -0.1) is 0 Å². The number of aliphatic hydroxyl groups excluding tert-OH is 1. The first-order valence-corrected chi connectivity index (χ1v) is 11.4. The second kappa shape index (κ2) is 9.21. The predicted octanol–water partition coefficient (Wildman–Crippen LogP) is 1.32. The van der Waals surface area contributed by atoms with Crippen LogP contribution in [0.2, 0.25) is 0 Å². The largest absolute Gasteiger partial charge is 0.394 e. The van der Waals surface area contributed by atoms with Gasteiger partial charge in [0, 0.05) is 25.6 Å².